The lowest BCUT2D eigenvalue weighted by Crippen LogP contribution is -2.55. The van der Waals surface area contributed by atoms with Gasteiger partial charge in [-0.25, -0.2) is 0 Å². The van der Waals surface area contributed by atoms with E-state index in [1.807, 2.05) is 0 Å². The molecule has 9 atom stereocenters. The van der Waals surface area contributed by atoms with Crippen molar-refractivity contribution in [2.24, 2.45) is 46.3 Å². The van der Waals surface area contributed by atoms with Crippen LogP contribution in [0.25, 0.3) is 0 Å². The lowest BCUT2D eigenvalue weighted by molar-refractivity contribution is -0.155. The van der Waals surface area contributed by atoms with E-state index < -0.39 is 0 Å². The monoisotopic (exact) mass is 486 g/mol. The summed E-state index contributed by atoms with van der Waals surface area (Å²) < 4.78 is 11.6. The molecule has 0 aromatic rings. The second-order valence-electron chi connectivity index (χ2n) is 13.5. The molecule has 4 heteroatoms. The van der Waals surface area contributed by atoms with Crippen molar-refractivity contribution in [2.75, 3.05) is 0 Å². The molecule has 5 unspecified atom stereocenters. The average Bonchev–Trinajstić information content (AvgIpc) is 3.11. The van der Waals surface area contributed by atoms with E-state index in [1.54, 1.807) is 0 Å². The summed E-state index contributed by atoms with van der Waals surface area (Å²) in [6.45, 7) is 15.2. The van der Waals surface area contributed by atoms with Crippen LogP contribution in [-0.2, 0) is 19.1 Å². The zero-order valence-electron chi connectivity index (χ0n) is 23.4. The fourth-order valence-electron chi connectivity index (χ4n) is 9.36. The van der Waals surface area contributed by atoms with Crippen molar-refractivity contribution < 1.29 is 19.1 Å². The van der Waals surface area contributed by atoms with Crippen molar-refractivity contribution in [3.05, 3.63) is 11.6 Å². The molecule has 0 heterocycles. The summed E-state index contributed by atoms with van der Waals surface area (Å²) in [4.78, 5) is 23.8. The third-order valence-corrected chi connectivity index (χ3v) is 10.9. The molecule has 0 N–H and O–H groups in total. The highest BCUT2D eigenvalue weighted by molar-refractivity contribution is 5.67. The van der Waals surface area contributed by atoms with Gasteiger partial charge in [0.1, 0.15) is 12.2 Å². The Morgan fingerprint density at radius 1 is 0.943 bits per heavy atom. The summed E-state index contributed by atoms with van der Waals surface area (Å²) in [6, 6.07) is 0. The Kier molecular flexibility index (Phi) is 7.80. The maximum atomic E-state index is 12.2. The van der Waals surface area contributed by atoms with E-state index in [2.05, 4.69) is 40.7 Å². The number of esters is 2. The molecule has 4 aliphatic rings. The molecule has 0 saturated heterocycles. The molecule has 35 heavy (non-hydrogen) atoms. The van der Waals surface area contributed by atoms with E-state index in [-0.39, 0.29) is 29.6 Å². The van der Waals surface area contributed by atoms with Gasteiger partial charge in [-0.15, -0.1) is 0 Å². The van der Waals surface area contributed by atoms with Crippen molar-refractivity contribution in [2.45, 2.75) is 125 Å². The summed E-state index contributed by atoms with van der Waals surface area (Å²) in [6.07, 6.45) is 13.9. The highest BCUT2D eigenvalue weighted by atomic mass is 16.5. The van der Waals surface area contributed by atoms with Crippen LogP contribution in [0, 0.1) is 46.3 Å². The number of hydrogen-bond acceptors (Lipinski definition) is 4. The fraction of sp³-hybridized carbons (Fsp3) is 0.871. The van der Waals surface area contributed by atoms with Crippen molar-refractivity contribution >= 4 is 11.9 Å². The topological polar surface area (TPSA) is 52.6 Å². The third-order valence-electron chi connectivity index (χ3n) is 10.9. The van der Waals surface area contributed by atoms with Crippen molar-refractivity contribution in [1.29, 1.82) is 0 Å². The van der Waals surface area contributed by atoms with E-state index in [0.29, 0.717) is 17.3 Å². The lowest BCUT2D eigenvalue weighted by atomic mass is 9.46. The minimum absolute atomic E-state index is 0.0297. The number of ether oxygens (including phenoxy) is 2. The molecule has 0 bridgehead atoms. The van der Waals surface area contributed by atoms with Gasteiger partial charge >= 0.3 is 11.9 Å². The van der Waals surface area contributed by atoms with Gasteiger partial charge in [0.2, 0.25) is 0 Å². The number of rotatable bonds is 7. The summed E-state index contributed by atoms with van der Waals surface area (Å²) in [5, 5.41) is 0. The van der Waals surface area contributed by atoms with Gasteiger partial charge in [0.15, 0.2) is 0 Å². The summed E-state index contributed by atoms with van der Waals surface area (Å²) in [5.41, 5.74) is 1.67. The number of hydrogen-bond donors (Lipinski definition) is 0. The highest BCUT2D eigenvalue weighted by Crippen LogP contribution is 2.68. The van der Waals surface area contributed by atoms with Crippen molar-refractivity contribution in [3.8, 4) is 0 Å². The number of carbonyl (C=O) groups is 2. The van der Waals surface area contributed by atoms with Gasteiger partial charge < -0.3 is 9.47 Å². The van der Waals surface area contributed by atoms with E-state index in [1.165, 1.54) is 64.4 Å². The van der Waals surface area contributed by atoms with Crippen LogP contribution in [0.5, 0.6) is 0 Å². The summed E-state index contributed by atoms with van der Waals surface area (Å²) in [5.74, 6) is 3.93. The van der Waals surface area contributed by atoms with Gasteiger partial charge in [-0.2, -0.15) is 0 Å². The largest absolute Gasteiger partial charge is 0.458 e. The molecule has 4 aliphatic carbocycles. The van der Waals surface area contributed by atoms with Crippen molar-refractivity contribution in [1.82, 2.24) is 0 Å². The van der Waals surface area contributed by atoms with Gasteiger partial charge in [0.05, 0.1) is 0 Å². The van der Waals surface area contributed by atoms with Crippen LogP contribution < -0.4 is 0 Å². The lowest BCUT2D eigenvalue weighted by Gasteiger charge is -2.60. The van der Waals surface area contributed by atoms with Crippen LogP contribution >= 0.6 is 0 Å². The van der Waals surface area contributed by atoms with Gasteiger partial charge in [-0.05, 0) is 103 Å². The first-order chi connectivity index (χ1) is 16.5. The SMILES string of the molecule is CC(=O)OC1C=C2[C@H](OC(C)=O)CC3C(CC[C@@]4(C)C3CC[C@@H]4C(C)CCCC(C)C)[C@@]2(C)CC1. The van der Waals surface area contributed by atoms with E-state index in [9.17, 15) is 9.59 Å². The first kappa shape index (κ1) is 26.7. The maximum Gasteiger partial charge on any atom is 0.303 e. The van der Waals surface area contributed by atoms with Gasteiger partial charge in [-0.1, -0.05) is 53.9 Å². The average molecular weight is 487 g/mol. The Hall–Kier alpha value is -1.32. The van der Waals surface area contributed by atoms with Gasteiger partial charge in [0.25, 0.3) is 0 Å². The first-order valence-corrected chi connectivity index (χ1v) is 14.5. The Morgan fingerprint density at radius 2 is 1.66 bits per heavy atom. The normalized spacial score (nSPS) is 41.3. The smallest absolute Gasteiger partial charge is 0.303 e. The van der Waals surface area contributed by atoms with Gasteiger partial charge in [0, 0.05) is 13.8 Å². The van der Waals surface area contributed by atoms with Crippen LogP contribution in [0.15, 0.2) is 11.6 Å². The molecule has 3 fully saturated rings. The molecule has 0 aromatic carbocycles. The van der Waals surface area contributed by atoms with Crippen molar-refractivity contribution in [3.63, 3.8) is 0 Å². The van der Waals surface area contributed by atoms with Crippen LogP contribution in [0.3, 0.4) is 0 Å². The zero-order chi connectivity index (χ0) is 25.5. The molecular weight excluding hydrogens is 436 g/mol. The molecule has 0 radical (unpaired) electrons. The predicted octanol–water partition coefficient (Wildman–Crippen LogP) is 7.50. The third kappa shape index (κ3) is 5.10. The maximum absolute atomic E-state index is 12.2. The zero-order valence-corrected chi connectivity index (χ0v) is 23.4. The fourth-order valence-corrected chi connectivity index (χ4v) is 9.36. The number of carbonyl (C=O) groups excluding carboxylic acids is 2. The minimum Gasteiger partial charge on any atom is -0.458 e. The molecule has 0 spiro atoms. The van der Waals surface area contributed by atoms with E-state index in [0.717, 1.165) is 42.9 Å². The number of fused-ring (bicyclic) bond motifs is 5. The van der Waals surface area contributed by atoms with Gasteiger partial charge in [-0.3, -0.25) is 9.59 Å². The van der Waals surface area contributed by atoms with Crippen LogP contribution in [-0.4, -0.2) is 24.1 Å². The Morgan fingerprint density at radius 3 is 2.31 bits per heavy atom. The second-order valence-corrected chi connectivity index (χ2v) is 13.5. The molecule has 0 amide bonds. The Bertz CT molecular complexity index is 830. The molecule has 3 saturated carbocycles. The van der Waals surface area contributed by atoms with Crippen LogP contribution in [0.1, 0.15) is 113 Å². The van der Waals surface area contributed by atoms with Crippen LogP contribution in [0.4, 0.5) is 0 Å². The first-order valence-electron chi connectivity index (χ1n) is 14.5. The predicted molar refractivity (Wildman–Crippen MR) is 140 cm³/mol. The molecule has 4 rings (SSSR count). The Labute approximate surface area is 214 Å². The minimum atomic E-state index is -0.235. The second kappa shape index (κ2) is 10.2. The quantitative estimate of drug-likeness (QED) is 0.276. The molecule has 0 aliphatic heterocycles. The molecule has 0 aromatic heterocycles. The van der Waals surface area contributed by atoms with E-state index in [4.69, 9.17) is 9.47 Å². The summed E-state index contributed by atoms with van der Waals surface area (Å²) >= 11 is 0. The summed E-state index contributed by atoms with van der Waals surface area (Å²) in [7, 11) is 0. The molecule has 4 nitrogen and oxygen atoms in total. The standard InChI is InChI=1S/C31H50O4/c1-19(2)9-8-10-20(3)25-11-12-26-24-18-29(35-22(5)33)28-17-23(34-21(4)32)13-15-31(28,7)27(24)14-16-30(25,26)6/h17,19-20,23-27,29H,8-16,18H2,1-7H3/t20?,23?,24?,25-,26?,27?,29-,30-,31-/m1/s1. The molecular formula is C31H50O4. The van der Waals surface area contributed by atoms with Crippen LogP contribution in [0.2, 0.25) is 0 Å². The highest BCUT2D eigenvalue weighted by Gasteiger charge is 2.61. The Balaban J connectivity index is 1.58. The van der Waals surface area contributed by atoms with E-state index >= 15 is 0 Å². The molecule has 198 valence electrons.